The van der Waals surface area contributed by atoms with Crippen LogP contribution in [0.2, 0.25) is 5.02 Å². The Kier molecular flexibility index (Phi) is 4.93. The molecule has 0 radical (unpaired) electrons. The molecule has 1 aromatic heterocycles. The minimum absolute atomic E-state index is 0.252. The number of nitrogens with zero attached hydrogens (tertiary/aromatic N) is 1. The Hall–Kier alpha value is -3.05. The van der Waals surface area contributed by atoms with Gasteiger partial charge in [-0.25, -0.2) is 4.98 Å². The Morgan fingerprint density at radius 1 is 0.875 bits per heavy atom. The Morgan fingerprint density at radius 2 is 1.62 bits per heavy atom. The molecule has 3 aromatic rings. The molecule has 0 saturated heterocycles. The molecule has 0 aliphatic heterocycles. The van der Waals surface area contributed by atoms with Crippen LogP contribution in [-0.2, 0) is 0 Å². The summed E-state index contributed by atoms with van der Waals surface area (Å²) in [6.45, 7) is 0. The number of hydrogen-bond acceptors (Lipinski definition) is 4. The van der Waals surface area contributed by atoms with Crippen molar-refractivity contribution in [3.05, 3.63) is 83.5 Å². The zero-order valence-electron chi connectivity index (χ0n) is 12.7. The minimum Gasteiger partial charge on any atom is -0.340 e. The zero-order chi connectivity index (χ0) is 16.8. The Labute approximate surface area is 144 Å². The lowest BCUT2D eigenvalue weighted by Crippen LogP contribution is -2.29. The summed E-state index contributed by atoms with van der Waals surface area (Å²) in [4.78, 5) is 16.3. The van der Waals surface area contributed by atoms with Gasteiger partial charge in [0.1, 0.15) is 5.82 Å². The van der Waals surface area contributed by atoms with Gasteiger partial charge < -0.3 is 5.32 Å². The molecule has 2 aromatic carbocycles. The molecule has 24 heavy (non-hydrogen) atoms. The molecular weight excluding hydrogens is 324 g/mol. The number of para-hydroxylation sites is 1. The van der Waals surface area contributed by atoms with E-state index in [1.54, 1.807) is 30.5 Å². The maximum Gasteiger partial charge on any atom is 0.269 e. The lowest BCUT2D eigenvalue weighted by atomic mass is 10.2. The van der Waals surface area contributed by atoms with Gasteiger partial charge in [-0.05, 0) is 48.5 Å². The predicted octanol–water partition coefficient (Wildman–Crippen LogP) is 4.24. The van der Waals surface area contributed by atoms with E-state index in [1.807, 2.05) is 42.5 Å². The first-order valence-corrected chi connectivity index (χ1v) is 7.68. The van der Waals surface area contributed by atoms with Gasteiger partial charge in [-0.15, -0.1) is 0 Å². The number of anilines is 3. The second-order valence-electron chi connectivity index (χ2n) is 5.01. The van der Waals surface area contributed by atoms with E-state index < -0.39 is 0 Å². The highest BCUT2D eigenvalue weighted by Gasteiger charge is 2.04. The van der Waals surface area contributed by atoms with Crippen molar-refractivity contribution in [1.29, 1.82) is 0 Å². The average Bonchev–Trinajstić information content (AvgIpc) is 2.62. The van der Waals surface area contributed by atoms with Crippen molar-refractivity contribution < 1.29 is 4.79 Å². The molecule has 0 atom stereocenters. The third-order valence-electron chi connectivity index (χ3n) is 3.24. The molecule has 1 amide bonds. The van der Waals surface area contributed by atoms with Crippen molar-refractivity contribution in [3.63, 3.8) is 0 Å². The van der Waals surface area contributed by atoms with E-state index >= 15 is 0 Å². The molecule has 6 heteroatoms. The number of carbonyl (C=O) groups is 1. The van der Waals surface area contributed by atoms with E-state index in [0.717, 1.165) is 11.5 Å². The first-order valence-electron chi connectivity index (χ1n) is 7.31. The lowest BCUT2D eigenvalue weighted by Gasteiger charge is -2.10. The van der Waals surface area contributed by atoms with Gasteiger partial charge in [-0.1, -0.05) is 29.8 Å². The number of pyridine rings is 1. The van der Waals surface area contributed by atoms with Crippen molar-refractivity contribution in [2.24, 2.45) is 0 Å². The second kappa shape index (κ2) is 7.48. The van der Waals surface area contributed by atoms with Crippen LogP contribution in [-0.4, -0.2) is 10.9 Å². The van der Waals surface area contributed by atoms with Crippen LogP contribution in [0.25, 0.3) is 0 Å². The number of nitrogens with one attached hydrogen (secondary N) is 3. The summed E-state index contributed by atoms with van der Waals surface area (Å²) in [5.74, 6) is 0.467. The topological polar surface area (TPSA) is 66.1 Å². The van der Waals surface area contributed by atoms with Gasteiger partial charge in [0.05, 0.1) is 11.9 Å². The summed E-state index contributed by atoms with van der Waals surface area (Å²) < 4.78 is 0. The summed E-state index contributed by atoms with van der Waals surface area (Å²) in [6, 6.07) is 20.1. The molecule has 0 unspecified atom stereocenters. The van der Waals surface area contributed by atoms with Gasteiger partial charge in [0, 0.05) is 16.3 Å². The number of hydrazine groups is 1. The molecule has 0 spiro atoms. The van der Waals surface area contributed by atoms with E-state index in [4.69, 9.17) is 11.6 Å². The number of amides is 1. The molecule has 0 fully saturated rings. The van der Waals surface area contributed by atoms with Crippen LogP contribution in [0.1, 0.15) is 10.4 Å². The lowest BCUT2D eigenvalue weighted by molar-refractivity contribution is 0.0962. The van der Waals surface area contributed by atoms with Crippen LogP contribution in [0.5, 0.6) is 0 Å². The predicted molar refractivity (Wildman–Crippen MR) is 96.5 cm³/mol. The molecule has 0 aliphatic carbocycles. The maximum atomic E-state index is 12.0. The summed E-state index contributed by atoms with van der Waals surface area (Å²) in [5.41, 5.74) is 7.59. The van der Waals surface area contributed by atoms with Crippen LogP contribution in [0, 0.1) is 0 Å². The van der Waals surface area contributed by atoms with Crippen molar-refractivity contribution in [1.82, 2.24) is 10.4 Å². The SMILES string of the molecule is O=C(NNc1ccc(Nc2ccccc2)nc1)c1ccc(Cl)cc1. The third-order valence-corrected chi connectivity index (χ3v) is 3.49. The van der Waals surface area contributed by atoms with Crippen LogP contribution in [0.15, 0.2) is 72.9 Å². The van der Waals surface area contributed by atoms with Crippen molar-refractivity contribution in [2.75, 3.05) is 10.7 Å². The monoisotopic (exact) mass is 338 g/mol. The molecule has 3 N–H and O–H groups in total. The van der Waals surface area contributed by atoms with Gasteiger partial charge in [0.2, 0.25) is 0 Å². The number of carbonyl (C=O) groups excluding carboxylic acids is 1. The minimum atomic E-state index is -0.252. The smallest absolute Gasteiger partial charge is 0.269 e. The number of benzene rings is 2. The first-order chi connectivity index (χ1) is 11.7. The van der Waals surface area contributed by atoms with Crippen molar-refractivity contribution in [3.8, 4) is 0 Å². The summed E-state index contributed by atoms with van der Waals surface area (Å²) >= 11 is 5.80. The van der Waals surface area contributed by atoms with Gasteiger partial charge in [-0.3, -0.25) is 15.6 Å². The van der Waals surface area contributed by atoms with E-state index in [2.05, 4.69) is 21.2 Å². The molecule has 0 aliphatic rings. The fourth-order valence-corrected chi connectivity index (χ4v) is 2.14. The highest BCUT2D eigenvalue weighted by Crippen LogP contribution is 2.15. The number of rotatable bonds is 5. The van der Waals surface area contributed by atoms with E-state index in [1.165, 1.54) is 0 Å². The average molecular weight is 339 g/mol. The summed E-state index contributed by atoms with van der Waals surface area (Å²) in [5, 5.41) is 3.78. The van der Waals surface area contributed by atoms with E-state index in [9.17, 15) is 4.79 Å². The largest absolute Gasteiger partial charge is 0.340 e. The normalized spacial score (nSPS) is 10.0. The number of hydrogen-bond donors (Lipinski definition) is 3. The van der Waals surface area contributed by atoms with Crippen molar-refractivity contribution in [2.45, 2.75) is 0 Å². The van der Waals surface area contributed by atoms with Gasteiger partial charge in [0.25, 0.3) is 5.91 Å². The highest BCUT2D eigenvalue weighted by molar-refractivity contribution is 6.30. The number of halogens is 1. The molecule has 0 saturated carbocycles. The molecule has 3 rings (SSSR count). The van der Waals surface area contributed by atoms with Crippen molar-refractivity contribution >= 4 is 34.7 Å². The number of aromatic nitrogens is 1. The fourth-order valence-electron chi connectivity index (χ4n) is 2.01. The summed E-state index contributed by atoms with van der Waals surface area (Å²) in [7, 11) is 0. The molecular formula is C18H15ClN4O. The third kappa shape index (κ3) is 4.24. The van der Waals surface area contributed by atoms with Crippen LogP contribution in [0.3, 0.4) is 0 Å². The second-order valence-corrected chi connectivity index (χ2v) is 5.45. The quantitative estimate of drug-likeness (QED) is 0.609. The Balaban J connectivity index is 1.56. The molecule has 0 bridgehead atoms. The van der Waals surface area contributed by atoms with Gasteiger partial charge in [-0.2, -0.15) is 0 Å². The van der Waals surface area contributed by atoms with Gasteiger partial charge in [0.15, 0.2) is 0 Å². The zero-order valence-corrected chi connectivity index (χ0v) is 13.4. The molecule has 120 valence electrons. The van der Waals surface area contributed by atoms with Crippen LogP contribution in [0.4, 0.5) is 17.2 Å². The summed E-state index contributed by atoms with van der Waals surface area (Å²) in [6.07, 6.45) is 1.63. The molecule has 5 nitrogen and oxygen atoms in total. The van der Waals surface area contributed by atoms with Crippen LogP contribution >= 0.6 is 11.6 Å². The highest BCUT2D eigenvalue weighted by atomic mass is 35.5. The Bertz CT molecular complexity index is 805. The van der Waals surface area contributed by atoms with Gasteiger partial charge >= 0.3 is 0 Å². The molecule has 1 heterocycles. The standard InChI is InChI=1S/C18H15ClN4O/c19-14-8-6-13(7-9-14)18(24)23-22-16-10-11-17(20-12-16)21-15-4-2-1-3-5-15/h1-12,22H,(H,20,21)(H,23,24). The van der Waals surface area contributed by atoms with E-state index in [-0.39, 0.29) is 5.91 Å². The van der Waals surface area contributed by atoms with E-state index in [0.29, 0.717) is 16.3 Å². The fraction of sp³-hybridized carbons (Fsp3) is 0. The first kappa shape index (κ1) is 15.8. The maximum absolute atomic E-state index is 12.0. The van der Waals surface area contributed by atoms with Crippen LogP contribution < -0.4 is 16.2 Å². The Morgan fingerprint density at radius 3 is 2.29 bits per heavy atom.